The van der Waals surface area contributed by atoms with Gasteiger partial charge < -0.3 is 20.5 Å². The molecule has 0 radical (unpaired) electrons. The van der Waals surface area contributed by atoms with Crippen molar-refractivity contribution in [1.29, 1.82) is 0 Å². The molecule has 4 aromatic rings. The van der Waals surface area contributed by atoms with Crippen LogP contribution in [0.3, 0.4) is 0 Å². The zero-order valence-electron chi connectivity index (χ0n) is 22.0. The number of carboxylic acids is 1. The molecule has 3 heterocycles. The maximum absolute atomic E-state index is 12.8. The van der Waals surface area contributed by atoms with Crippen molar-refractivity contribution < 1.29 is 19.4 Å². The highest BCUT2D eigenvalue weighted by Gasteiger charge is 2.22. The van der Waals surface area contributed by atoms with E-state index in [2.05, 4.69) is 32.7 Å². The van der Waals surface area contributed by atoms with Crippen molar-refractivity contribution in [2.45, 2.75) is 38.1 Å². The minimum atomic E-state index is -1.13. The molecule has 0 spiro atoms. The molecule has 204 valence electrons. The van der Waals surface area contributed by atoms with Crippen LogP contribution in [0.1, 0.15) is 40.2 Å². The first-order valence-corrected chi connectivity index (χ1v) is 13.4. The number of benzene rings is 2. The van der Waals surface area contributed by atoms with E-state index in [0.29, 0.717) is 18.1 Å². The van der Waals surface area contributed by atoms with Gasteiger partial charge >= 0.3 is 5.97 Å². The summed E-state index contributed by atoms with van der Waals surface area (Å²) in [6.45, 7) is 1.52. The summed E-state index contributed by atoms with van der Waals surface area (Å²) in [6.07, 6.45) is 6.88. The van der Waals surface area contributed by atoms with Gasteiger partial charge in [0, 0.05) is 24.2 Å². The van der Waals surface area contributed by atoms with Crippen molar-refractivity contribution in [3.8, 4) is 17.0 Å². The van der Waals surface area contributed by atoms with Gasteiger partial charge in [0.15, 0.2) is 0 Å². The van der Waals surface area contributed by atoms with E-state index in [4.69, 9.17) is 9.72 Å². The zero-order chi connectivity index (χ0) is 27.7. The molecule has 1 atom stereocenters. The molecule has 0 unspecified atom stereocenters. The van der Waals surface area contributed by atoms with Crippen molar-refractivity contribution in [1.82, 2.24) is 20.3 Å². The molecular weight excluding hydrogens is 506 g/mol. The Morgan fingerprint density at radius 2 is 1.82 bits per heavy atom. The van der Waals surface area contributed by atoms with Gasteiger partial charge in [-0.2, -0.15) is 0 Å². The second kappa shape index (κ2) is 12.8. The third-order valence-electron chi connectivity index (χ3n) is 6.70. The first-order valence-electron chi connectivity index (χ1n) is 13.4. The number of fused-ring (bicyclic) bond motifs is 1. The Morgan fingerprint density at radius 3 is 2.62 bits per heavy atom. The van der Waals surface area contributed by atoms with Crippen LogP contribution in [0.25, 0.3) is 11.3 Å². The Balaban J connectivity index is 1.12. The van der Waals surface area contributed by atoms with E-state index in [1.807, 2.05) is 54.6 Å². The van der Waals surface area contributed by atoms with Crippen LogP contribution in [-0.2, 0) is 24.1 Å². The van der Waals surface area contributed by atoms with Crippen LogP contribution >= 0.6 is 0 Å². The first kappa shape index (κ1) is 26.8. The molecule has 9 nitrogen and oxygen atoms in total. The summed E-state index contributed by atoms with van der Waals surface area (Å²) in [4.78, 5) is 37.9. The van der Waals surface area contributed by atoms with Crippen molar-refractivity contribution in [3.63, 3.8) is 0 Å². The quantitative estimate of drug-likeness (QED) is 0.241. The van der Waals surface area contributed by atoms with Gasteiger partial charge in [-0.15, -0.1) is 0 Å². The lowest BCUT2D eigenvalue weighted by atomic mass is 10.1. The number of carbonyl (C=O) groups excluding carboxylic acids is 1. The van der Waals surface area contributed by atoms with Gasteiger partial charge in [0.1, 0.15) is 23.3 Å². The van der Waals surface area contributed by atoms with Crippen molar-refractivity contribution >= 4 is 17.7 Å². The van der Waals surface area contributed by atoms with E-state index in [9.17, 15) is 14.7 Å². The van der Waals surface area contributed by atoms with Gasteiger partial charge in [0.05, 0.1) is 24.7 Å². The second-order valence-electron chi connectivity index (χ2n) is 9.66. The molecule has 9 heteroatoms. The molecule has 1 amide bonds. The van der Waals surface area contributed by atoms with E-state index in [1.165, 1.54) is 11.8 Å². The number of pyridine rings is 1. The fourth-order valence-corrected chi connectivity index (χ4v) is 4.56. The summed E-state index contributed by atoms with van der Waals surface area (Å²) in [5, 5.41) is 15.7. The Kier molecular flexibility index (Phi) is 8.60. The molecule has 0 fully saturated rings. The molecule has 5 rings (SSSR count). The summed E-state index contributed by atoms with van der Waals surface area (Å²) in [7, 11) is 0. The molecule has 2 aromatic carbocycles. The van der Waals surface area contributed by atoms with Crippen molar-refractivity contribution in [2.75, 3.05) is 18.5 Å². The maximum Gasteiger partial charge on any atom is 0.326 e. The van der Waals surface area contributed by atoms with Crippen LogP contribution in [-0.4, -0.2) is 51.1 Å². The van der Waals surface area contributed by atoms with Crippen LogP contribution in [0.5, 0.6) is 5.75 Å². The van der Waals surface area contributed by atoms with E-state index in [1.54, 1.807) is 6.20 Å². The molecule has 40 heavy (non-hydrogen) atoms. The Bertz CT molecular complexity index is 1460. The van der Waals surface area contributed by atoms with E-state index >= 15 is 0 Å². The lowest BCUT2D eigenvalue weighted by Gasteiger charge is -2.17. The number of hydrogen-bond acceptors (Lipinski definition) is 7. The molecule has 3 N–H and O–H groups in total. The van der Waals surface area contributed by atoms with E-state index in [-0.39, 0.29) is 12.1 Å². The Morgan fingerprint density at radius 1 is 1.00 bits per heavy atom. The predicted molar refractivity (Wildman–Crippen MR) is 151 cm³/mol. The number of aryl methyl sites for hydroxylation is 2. The number of aliphatic carboxylic acids is 1. The number of amides is 1. The average molecular weight is 538 g/mol. The van der Waals surface area contributed by atoms with Crippen LogP contribution in [0.15, 0.2) is 79.1 Å². The highest BCUT2D eigenvalue weighted by atomic mass is 16.5. The highest BCUT2D eigenvalue weighted by molar-refractivity contribution is 5.95. The van der Waals surface area contributed by atoms with Gasteiger partial charge in [-0.25, -0.2) is 14.8 Å². The van der Waals surface area contributed by atoms with Gasteiger partial charge in [-0.05, 0) is 55.0 Å². The summed E-state index contributed by atoms with van der Waals surface area (Å²) < 4.78 is 5.87. The molecule has 2 aromatic heterocycles. The number of anilines is 1. The van der Waals surface area contributed by atoms with Gasteiger partial charge in [-0.3, -0.25) is 9.78 Å². The summed E-state index contributed by atoms with van der Waals surface area (Å²) in [5.41, 5.74) is 4.49. The number of nitrogens with zero attached hydrogens (tertiary/aromatic N) is 3. The number of rotatable bonds is 11. The van der Waals surface area contributed by atoms with Gasteiger partial charge in [0.25, 0.3) is 5.91 Å². The first-order chi connectivity index (χ1) is 19.5. The van der Waals surface area contributed by atoms with Crippen molar-refractivity contribution in [3.05, 3.63) is 102 Å². The molecular formula is C31H31N5O4. The minimum Gasteiger partial charge on any atom is -0.494 e. The van der Waals surface area contributed by atoms with Crippen LogP contribution < -0.4 is 15.4 Å². The second-order valence-corrected chi connectivity index (χ2v) is 9.66. The summed E-state index contributed by atoms with van der Waals surface area (Å²) in [6, 6.07) is 19.7. The number of ether oxygens (including phenoxy) is 1. The SMILES string of the molecule is O=C(N[C@H](Cc1ccc(OCCCc2ccc3c(n2)NCCC3)cc1)C(=O)O)c1cncc(-c2ccccc2)n1. The predicted octanol–water partition coefficient (Wildman–Crippen LogP) is 4.33. The minimum absolute atomic E-state index is 0.0539. The maximum atomic E-state index is 12.8. The van der Waals surface area contributed by atoms with Crippen LogP contribution in [0.4, 0.5) is 5.82 Å². The Labute approximate surface area is 232 Å². The zero-order valence-corrected chi connectivity index (χ0v) is 22.0. The molecule has 1 aliphatic rings. The summed E-state index contributed by atoms with van der Waals surface area (Å²) in [5.74, 6) is -0.0221. The Hall–Kier alpha value is -4.79. The van der Waals surface area contributed by atoms with E-state index in [0.717, 1.165) is 54.9 Å². The largest absolute Gasteiger partial charge is 0.494 e. The van der Waals surface area contributed by atoms with Crippen LogP contribution in [0, 0.1) is 0 Å². The average Bonchev–Trinajstić information content (AvgIpc) is 3.00. The lowest BCUT2D eigenvalue weighted by Crippen LogP contribution is -2.42. The fraction of sp³-hybridized carbons (Fsp3) is 0.258. The molecule has 0 saturated carbocycles. The third-order valence-corrected chi connectivity index (χ3v) is 6.70. The highest BCUT2D eigenvalue weighted by Crippen LogP contribution is 2.21. The number of hydrogen-bond donors (Lipinski definition) is 3. The summed E-state index contributed by atoms with van der Waals surface area (Å²) >= 11 is 0. The molecule has 0 aliphatic carbocycles. The third kappa shape index (κ3) is 6.99. The number of nitrogens with one attached hydrogen (secondary N) is 2. The topological polar surface area (TPSA) is 126 Å². The fourth-order valence-electron chi connectivity index (χ4n) is 4.56. The lowest BCUT2D eigenvalue weighted by molar-refractivity contribution is -0.139. The number of aromatic nitrogens is 3. The smallest absolute Gasteiger partial charge is 0.326 e. The molecule has 0 saturated heterocycles. The monoisotopic (exact) mass is 537 g/mol. The number of carboxylic acid groups (broad SMARTS) is 1. The molecule has 0 bridgehead atoms. The van der Waals surface area contributed by atoms with Gasteiger partial charge in [0.2, 0.25) is 0 Å². The number of carbonyl (C=O) groups is 2. The van der Waals surface area contributed by atoms with Gasteiger partial charge in [-0.1, -0.05) is 48.5 Å². The van der Waals surface area contributed by atoms with E-state index < -0.39 is 17.9 Å². The normalized spacial score (nSPS) is 13.0. The molecule has 1 aliphatic heterocycles. The van der Waals surface area contributed by atoms with Crippen molar-refractivity contribution in [2.24, 2.45) is 0 Å². The standard InChI is InChI=1S/C31H31N5O4/c37-30(28-20-32-19-27(35-28)22-6-2-1-3-7-22)36-26(31(38)39)18-21-10-14-25(15-11-21)40-17-5-9-24-13-12-23-8-4-16-33-29(23)34-24/h1-3,6-7,10-15,19-20,26H,4-5,8-9,16-18H2,(H,33,34)(H,36,37)(H,38,39)/t26-/m1/s1. The van der Waals surface area contributed by atoms with Crippen LogP contribution in [0.2, 0.25) is 0 Å².